The number of alkyl halides is 3. The van der Waals surface area contributed by atoms with Crippen molar-refractivity contribution in [1.82, 2.24) is 0 Å². The van der Waals surface area contributed by atoms with Crippen LogP contribution in [0.1, 0.15) is 27.0 Å². The maximum absolute atomic E-state index is 12.7. The van der Waals surface area contributed by atoms with Gasteiger partial charge in [0.2, 0.25) is 0 Å². The lowest BCUT2D eigenvalue weighted by Gasteiger charge is -2.10. The highest BCUT2D eigenvalue weighted by molar-refractivity contribution is 9.10. The van der Waals surface area contributed by atoms with Crippen LogP contribution < -0.4 is 0 Å². The average molecular weight is 357 g/mol. The van der Waals surface area contributed by atoms with Crippen molar-refractivity contribution in [2.24, 2.45) is 0 Å². The minimum Gasteiger partial charge on any atom is -0.294 e. The van der Waals surface area contributed by atoms with Crippen LogP contribution in [0.5, 0.6) is 0 Å². The number of halogens is 4. The number of carbonyl (C=O) groups is 1. The molecule has 0 heterocycles. The van der Waals surface area contributed by atoms with Crippen LogP contribution in [0.2, 0.25) is 0 Å². The van der Waals surface area contributed by atoms with Gasteiger partial charge in [0, 0.05) is 16.5 Å². The van der Waals surface area contributed by atoms with E-state index < -0.39 is 11.7 Å². The van der Waals surface area contributed by atoms with Crippen LogP contribution in [0.25, 0.3) is 0 Å². The van der Waals surface area contributed by atoms with Gasteiger partial charge in [0.15, 0.2) is 5.78 Å². The van der Waals surface area contributed by atoms with Gasteiger partial charge >= 0.3 is 6.18 Å². The van der Waals surface area contributed by atoms with Crippen molar-refractivity contribution in [2.75, 3.05) is 0 Å². The highest BCUT2D eigenvalue weighted by Crippen LogP contribution is 2.32. The number of carbonyl (C=O) groups excluding carboxylic acids is 1. The summed E-state index contributed by atoms with van der Waals surface area (Å²) in [6.07, 6.45) is -4.39. The third-order valence-electron chi connectivity index (χ3n) is 3.08. The average Bonchev–Trinajstić information content (AvgIpc) is 2.40. The maximum Gasteiger partial charge on any atom is 0.416 e. The zero-order valence-corrected chi connectivity index (χ0v) is 12.8. The fourth-order valence-corrected chi connectivity index (χ4v) is 2.37. The lowest BCUT2D eigenvalue weighted by Crippen LogP contribution is -2.09. The van der Waals surface area contributed by atoms with Crippen molar-refractivity contribution in [1.29, 1.82) is 0 Å². The summed E-state index contributed by atoms with van der Waals surface area (Å²) in [7, 11) is 0. The third kappa shape index (κ3) is 3.94. The summed E-state index contributed by atoms with van der Waals surface area (Å²) >= 11 is 3.13. The largest absolute Gasteiger partial charge is 0.416 e. The Hall–Kier alpha value is -1.62. The Labute approximate surface area is 128 Å². The molecule has 2 aromatic carbocycles. The number of rotatable bonds is 3. The molecule has 0 radical (unpaired) electrons. The Balaban J connectivity index is 2.28. The Morgan fingerprint density at radius 3 is 2.29 bits per heavy atom. The van der Waals surface area contributed by atoms with Gasteiger partial charge in [-0.05, 0) is 30.7 Å². The topological polar surface area (TPSA) is 17.1 Å². The lowest BCUT2D eigenvalue weighted by molar-refractivity contribution is -0.137. The van der Waals surface area contributed by atoms with Crippen LogP contribution in [0.3, 0.4) is 0 Å². The molecule has 0 aliphatic rings. The van der Waals surface area contributed by atoms with Crippen molar-refractivity contribution in [3.8, 4) is 0 Å². The van der Waals surface area contributed by atoms with E-state index in [0.717, 1.165) is 23.3 Å². The molecule has 0 aliphatic carbocycles. The van der Waals surface area contributed by atoms with E-state index in [0.29, 0.717) is 4.47 Å². The SMILES string of the molecule is Cc1ccc(CC(=O)c2cc(C(F)(F)F)ccc2Br)cc1. The molecular formula is C16H12BrF3O. The summed E-state index contributed by atoms with van der Waals surface area (Å²) in [5.74, 6) is -0.350. The van der Waals surface area contributed by atoms with E-state index in [9.17, 15) is 18.0 Å². The zero-order valence-electron chi connectivity index (χ0n) is 11.2. The van der Waals surface area contributed by atoms with Crippen LogP contribution in [-0.4, -0.2) is 5.78 Å². The van der Waals surface area contributed by atoms with Crippen molar-refractivity contribution in [2.45, 2.75) is 19.5 Å². The van der Waals surface area contributed by atoms with Gasteiger partial charge in [0.1, 0.15) is 0 Å². The number of Topliss-reactive ketones (excluding diaryl/α,β-unsaturated/α-hetero) is 1. The minimum absolute atomic E-state index is 0.0467. The van der Waals surface area contributed by atoms with E-state index in [-0.39, 0.29) is 17.8 Å². The second kappa shape index (κ2) is 6.02. The first-order valence-electron chi connectivity index (χ1n) is 6.23. The smallest absolute Gasteiger partial charge is 0.294 e. The Morgan fingerprint density at radius 1 is 1.10 bits per heavy atom. The molecule has 0 fully saturated rings. The van der Waals surface area contributed by atoms with Gasteiger partial charge in [-0.2, -0.15) is 13.2 Å². The quantitative estimate of drug-likeness (QED) is 0.690. The first kappa shape index (κ1) is 15.8. The lowest BCUT2D eigenvalue weighted by atomic mass is 10.0. The highest BCUT2D eigenvalue weighted by atomic mass is 79.9. The van der Waals surface area contributed by atoms with Crippen LogP contribution in [0.4, 0.5) is 13.2 Å². The van der Waals surface area contributed by atoms with Crippen LogP contribution in [0.15, 0.2) is 46.9 Å². The molecule has 0 bridgehead atoms. The Bertz CT molecular complexity index is 660. The third-order valence-corrected chi connectivity index (χ3v) is 3.77. The number of ketones is 1. The van der Waals surface area contributed by atoms with Gasteiger partial charge in [0.05, 0.1) is 5.56 Å². The number of hydrogen-bond acceptors (Lipinski definition) is 1. The van der Waals surface area contributed by atoms with E-state index in [4.69, 9.17) is 0 Å². The summed E-state index contributed by atoms with van der Waals surface area (Å²) in [6, 6.07) is 10.4. The second-order valence-corrected chi connectivity index (χ2v) is 5.63. The van der Waals surface area contributed by atoms with Gasteiger partial charge in [-0.25, -0.2) is 0 Å². The summed E-state index contributed by atoms with van der Waals surface area (Å²) in [4.78, 5) is 12.2. The summed E-state index contributed by atoms with van der Waals surface area (Å²) < 4.78 is 38.5. The van der Waals surface area contributed by atoms with E-state index >= 15 is 0 Å². The van der Waals surface area contributed by atoms with Crippen LogP contribution in [-0.2, 0) is 12.6 Å². The molecule has 0 saturated carbocycles. The zero-order chi connectivity index (χ0) is 15.6. The molecule has 2 aromatic rings. The molecule has 5 heteroatoms. The molecule has 0 amide bonds. The summed E-state index contributed by atoms with van der Waals surface area (Å²) in [5, 5.41) is 0. The fourth-order valence-electron chi connectivity index (χ4n) is 1.90. The van der Waals surface area contributed by atoms with E-state index in [1.165, 1.54) is 6.07 Å². The molecule has 0 N–H and O–H groups in total. The van der Waals surface area contributed by atoms with E-state index in [1.54, 1.807) is 12.1 Å². The predicted octanol–water partition coefficient (Wildman–Crippen LogP) is 5.20. The molecule has 0 aromatic heterocycles. The van der Waals surface area contributed by atoms with Gasteiger partial charge in [-0.3, -0.25) is 4.79 Å². The van der Waals surface area contributed by atoms with Crippen LogP contribution >= 0.6 is 15.9 Å². The molecule has 0 unspecified atom stereocenters. The highest BCUT2D eigenvalue weighted by Gasteiger charge is 2.31. The number of benzene rings is 2. The molecule has 21 heavy (non-hydrogen) atoms. The molecule has 110 valence electrons. The Morgan fingerprint density at radius 2 is 1.71 bits per heavy atom. The second-order valence-electron chi connectivity index (χ2n) is 4.78. The monoisotopic (exact) mass is 356 g/mol. The molecule has 0 spiro atoms. The van der Waals surface area contributed by atoms with E-state index in [2.05, 4.69) is 15.9 Å². The minimum atomic E-state index is -4.46. The molecule has 1 nitrogen and oxygen atoms in total. The van der Waals surface area contributed by atoms with Gasteiger partial charge < -0.3 is 0 Å². The van der Waals surface area contributed by atoms with Gasteiger partial charge in [-0.1, -0.05) is 45.8 Å². The number of aryl methyl sites for hydroxylation is 1. The van der Waals surface area contributed by atoms with Crippen molar-refractivity contribution < 1.29 is 18.0 Å². The van der Waals surface area contributed by atoms with Gasteiger partial charge in [0.25, 0.3) is 0 Å². The first-order valence-corrected chi connectivity index (χ1v) is 7.02. The molecule has 2 rings (SSSR count). The van der Waals surface area contributed by atoms with Gasteiger partial charge in [-0.15, -0.1) is 0 Å². The molecule has 0 aliphatic heterocycles. The Kier molecular flexibility index (Phi) is 4.52. The molecule has 0 atom stereocenters. The van der Waals surface area contributed by atoms with Crippen molar-refractivity contribution in [3.05, 3.63) is 69.2 Å². The number of hydrogen-bond donors (Lipinski definition) is 0. The molecular weight excluding hydrogens is 345 g/mol. The van der Waals surface area contributed by atoms with E-state index in [1.807, 2.05) is 19.1 Å². The van der Waals surface area contributed by atoms with Crippen molar-refractivity contribution in [3.63, 3.8) is 0 Å². The molecule has 0 saturated heterocycles. The maximum atomic E-state index is 12.7. The summed E-state index contributed by atoms with van der Waals surface area (Å²) in [6.45, 7) is 1.93. The fraction of sp³-hybridized carbons (Fsp3) is 0.188. The van der Waals surface area contributed by atoms with Crippen LogP contribution in [0, 0.1) is 6.92 Å². The summed E-state index contributed by atoms with van der Waals surface area (Å²) in [5.41, 5.74) is 1.06. The first-order chi connectivity index (χ1) is 9.77. The standard InChI is InChI=1S/C16H12BrF3O/c1-10-2-4-11(5-3-10)8-15(21)13-9-12(16(18,19)20)6-7-14(13)17/h2-7,9H,8H2,1H3. The van der Waals surface area contributed by atoms with Crippen molar-refractivity contribution >= 4 is 21.7 Å². The normalized spacial score (nSPS) is 11.5. The predicted molar refractivity (Wildman–Crippen MR) is 78.4 cm³/mol.